The Hall–Kier alpha value is -2.94. The number of nitrogens with zero attached hydrogens (tertiary/aromatic N) is 2. The van der Waals surface area contributed by atoms with E-state index in [0.717, 1.165) is 0 Å². The number of rotatable bonds is 3. The van der Waals surface area contributed by atoms with Crippen molar-refractivity contribution in [1.82, 2.24) is 19.1 Å². The maximum absolute atomic E-state index is 12.1. The fourth-order valence-corrected chi connectivity index (χ4v) is 2.91. The van der Waals surface area contributed by atoms with Crippen molar-refractivity contribution in [2.24, 2.45) is 0 Å². The molecule has 0 aliphatic carbocycles. The van der Waals surface area contributed by atoms with Gasteiger partial charge in [0.2, 0.25) is 0 Å². The minimum atomic E-state index is -0.798. The van der Waals surface area contributed by atoms with Crippen molar-refractivity contribution in [3.63, 3.8) is 0 Å². The van der Waals surface area contributed by atoms with E-state index < -0.39 is 28.7 Å². The SMILES string of the molecule is O=c1ccn(C(c2cccs2)n2ccc(=O)[nH]c2=O)c(=O)[nH]1. The largest absolute Gasteiger partial charge is 0.330 e. The molecule has 112 valence electrons. The highest BCUT2D eigenvalue weighted by atomic mass is 32.1. The second-order valence-corrected chi connectivity index (χ2v) is 5.40. The molecule has 0 atom stereocenters. The van der Waals surface area contributed by atoms with Crippen molar-refractivity contribution in [2.75, 3.05) is 0 Å². The van der Waals surface area contributed by atoms with E-state index in [9.17, 15) is 19.2 Å². The number of hydrogen-bond donors (Lipinski definition) is 2. The Bertz CT molecular complexity index is 958. The van der Waals surface area contributed by atoms with Gasteiger partial charge in [0.25, 0.3) is 11.1 Å². The van der Waals surface area contributed by atoms with Crippen molar-refractivity contribution in [2.45, 2.75) is 6.17 Å². The highest BCUT2D eigenvalue weighted by Crippen LogP contribution is 2.21. The summed E-state index contributed by atoms with van der Waals surface area (Å²) in [5.74, 6) is 0. The van der Waals surface area contributed by atoms with Crippen LogP contribution in [0.4, 0.5) is 0 Å². The molecule has 3 heterocycles. The molecule has 9 heteroatoms. The van der Waals surface area contributed by atoms with Gasteiger partial charge in [-0.2, -0.15) is 0 Å². The van der Waals surface area contributed by atoms with Crippen LogP contribution in [0.15, 0.2) is 61.2 Å². The fraction of sp³-hybridized carbons (Fsp3) is 0.0769. The monoisotopic (exact) mass is 318 g/mol. The third-order valence-electron chi connectivity index (χ3n) is 3.03. The molecule has 0 unspecified atom stereocenters. The Morgan fingerprint density at radius 1 is 0.864 bits per heavy atom. The van der Waals surface area contributed by atoms with Crippen LogP contribution >= 0.6 is 11.3 Å². The highest BCUT2D eigenvalue weighted by Gasteiger charge is 2.19. The molecular formula is C13H10N4O4S. The van der Waals surface area contributed by atoms with E-state index in [1.165, 1.54) is 45.0 Å². The first kappa shape index (κ1) is 14.0. The number of hydrogen-bond acceptors (Lipinski definition) is 5. The summed E-state index contributed by atoms with van der Waals surface area (Å²) in [5.41, 5.74) is -2.35. The second-order valence-electron chi connectivity index (χ2n) is 4.42. The summed E-state index contributed by atoms with van der Waals surface area (Å²) in [7, 11) is 0. The molecule has 3 rings (SSSR count). The summed E-state index contributed by atoms with van der Waals surface area (Å²) in [5, 5.41) is 1.80. The zero-order chi connectivity index (χ0) is 15.7. The number of nitrogens with one attached hydrogen (secondary N) is 2. The van der Waals surface area contributed by atoms with Gasteiger partial charge >= 0.3 is 11.4 Å². The van der Waals surface area contributed by atoms with Crippen molar-refractivity contribution in [3.05, 3.63) is 88.6 Å². The Kier molecular flexibility index (Phi) is 3.47. The molecule has 0 aromatic carbocycles. The predicted molar refractivity (Wildman–Crippen MR) is 80.5 cm³/mol. The van der Waals surface area contributed by atoms with Crippen LogP contribution in [0, 0.1) is 0 Å². The Balaban J connectivity index is 2.29. The molecule has 8 nitrogen and oxygen atoms in total. The molecule has 3 aromatic heterocycles. The van der Waals surface area contributed by atoms with Crippen LogP contribution in [0.5, 0.6) is 0 Å². The van der Waals surface area contributed by atoms with E-state index in [1.807, 2.05) is 0 Å². The summed E-state index contributed by atoms with van der Waals surface area (Å²) < 4.78 is 2.43. The zero-order valence-electron chi connectivity index (χ0n) is 11.1. The maximum Gasteiger partial charge on any atom is 0.330 e. The lowest BCUT2D eigenvalue weighted by Gasteiger charge is -2.20. The van der Waals surface area contributed by atoms with Gasteiger partial charge in [0, 0.05) is 29.4 Å². The summed E-state index contributed by atoms with van der Waals surface area (Å²) in [4.78, 5) is 51.5. The average molecular weight is 318 g/mol. The summed E-state index contributed by atoms with van der Waals surface area (Å²) in [6.45, 7) is 0. The normalized spacial score (nSPS) is 11.0. The number of thiophene rings is 1. The molecule has 0 bridgehead atoms. The van der Waals surface area contributed by atoms with E-state index in [1.54, 1.807) is 17.5 Å². The first-order valence-corrected chi connectivity index (χ1v) is 7.10. The third kappa shape index (κ3) is 2.49. The van der Waals surface area contributed by atoms with Crippen LogP contribution in [-0.2, 0) is 0 Å². The van der Waals surface area contributed by atoms with Crippen LogP contribution in [0.25, 0.3) is 0 Å². The molecule has 0 aliphatic rings. The summed E-state index contributed by atoms with van der Waals surface area (Å²) >= 11 is 1.34. The molecule has 0 radical (unpaired) electrons. The predicted octanol–water partition coefficient (Wildman–Crippen LogP) is -0.457. The number of H-pyrrole nitrogens is 2. The lowest BCUT2D eigenvalue weighted by atomic mass is 10.3. The maximum atomic E-state index is 12.1. The van der Waals surface area contributed by atoms with E-state index in [-0.39, 0.29) is 0 Å². The standard InChI is InChI=1S/C13H10N4O4S/c18-9-3-5-16(12(20)14-9)11(8-2-1-7-22-8)17-6-4-10(19)15-13(17)21/h1-7,11H,(H,14,18,20)(H,15,19,21). The van der Waals surface area contributed by atoms with Crippen molar-refractivity contribution in [1.29, 1.82) is 0 Å². The lowest BCUT2D eigenvalue weighted by Crippen LogP contribution is -2.40. The van der Waals surface area contributed by atoms with Gasteiger partial charge in [0.05, 0.1) is 0 Å². The van der Waals surface area contributed by atoms with Gasteiger partial charge in [-0.3, -0.25) is 28.7 Å². The van der Waals surface area contributed by atoms with Gasteiger partial charge < -0.3 is 0 Å². The third-order valence-corrected chi connectivity index (χ3v) is 3.94. The molecule has 0 saturated heterocycles. The molecular weight excluding hydrogens is 308 g/mol. The summed E-state index contributed by atoms with van der Waals surface area (Å²) in [6, 6.07) is 5.92. The van der Waals surface area contributed by atoms with Crippen LogP contribution in [-0.4, -0.2) is 19.1 Å². The molecule has 0 saturated carbocycles. The van der Waals surface area contributed by atoms with Gasteiger partial charge in [0.1, 0.15) is 0 Å². The van der Waals surface area contributed by atoms with Crippen LogP contribution in [0.1, 0.15) is 11.0 Å². The molecule has 0 aliphatic heterocycles. The molecule has 3 aromatic rings. The van der Waals surface area contributed by atoms with Crippen LogP contribution in [0.3, 0.4) is 0 Å². The average Bonchev–Trinajstić information content (AvgIpc) is 2.97. The van der Waals surface area contributed by atoms with Crippen LogP contribution in [0.2, 0.25) is 0 Å². The Morgan fingerprint density at radius 3 is 1.82 bits per heavy atom. The van der Waals surface area contributed by atoms with Gasteiger partial charge in [0.15, 0.2) is 6.17 Å². The van der Waals surface area contributed by atoms with Crippen molar-refractivity contribution < 1.29 is 0 Å². The number of aromatic amines is 2. The molecule has 22 heavy (non-hydrogen) atoms. The van der Waals surface area contributed by atoms with Crippen molar-refractivity contribution in [3.8, 4) is 0 Å². The quantitative estimate of drug-likeness (QED) is 0.681. The van der Waals surface area contributed by atoms with E-state index >= 15 is 0 Å². The molecule has 0 spiro atoms. The minimum Gasteiger partial charge on any atom is -0.274 e. The Labute approximate surface area is 125 Å². The van der Waals surface area contributed by atoms with Crippen LogP contribution < -0.4 is 22.5 Å². The second kappa shape index (κ2) is 5.45. The summed E-state index contributed by atoms with van der Waals surface area (Å²) in [6.07, 6.45) is 1.82. The highest BCUT2D eigenvalue weighted by molar-refractivity contribution is 7.10. The van der Waals surface area contributed by atoms with Gasteiger partial charge in [-0.05, 0) is 11.4 Å². The molecule has 0 amide bonds. The number of aromatic nitrogens is 4. The minimum absolute atomic E-state index is 0.528. The zero-order valence-corrected chi connectivity index (χ0v) is 11.9. The van der Waals surface area contributed by atoms with Gasteiger partial charge in [-0.15, -0.1) is 11.3 Å². The van der Waals surface area contributed by atoms with E-state index in [0.29, 0.717) is 4.88 Å². The van der Waals surface area contributed by atoms with E-state index in [4.69, 9.17) is 0 Å². The Morgan fingerprint density at radius 2 is 1.41 bits per heavy atom. The van der Waals surface area contributed by atoms with Gasteiger partial charge in [-0.25, -0.2) is 9.59 Å². The van der Waals surface area contributed by atoms with Crippen molar-refractivity contribution >= 4 is 11.3 Å². The molecule has 2 N–H and O–H groups in total. The lowest BCUT2D eigenvalue weighted by molar-refractivity contribution is 0.464. The fourth-order valence-electron chi connectivity index (χ4n) is 2.09. The molecule has 0 fully saturated rings. The van der Waals surface area contributed by atoms with E-state index in [2.05, 4.69) is 9.97 Å². The first-order chi connectivity index (χ1) is 10.6. The smallest absolute Gasteiger partial charge is 0.274 e. The van der Waals surface area contributed by atoms with Gasteiger partial charge in [-0.1, -0.05) is 6.07 Å². The topological polar surface area (TPSA) is 110 Å². The first-order valence-electron chi connectivity index (χ1n) is 6.22.